The third-order valence-corrected chi connectivity index (χ3v) is 5.27. The molecule has 0 spiro atoms. The molecular weight excluding hydrogens is 336 g/mol. The first kappa shape index (κ1) is 15.9. The van der Waals surface area contributed by atoms with Crippen molar-refractivity contribution in [2.24, 2.45) is 0 Å². The Morgan fingerprint density at radius 2 is 2.04 bits per heavy atom. The summed E-state index contributed by atoms with van der Waals surface area (Å²) in [6.45, 7) is 0. The average Bonchev–Trinajstić information content (AvgIpc) is 3.35. The van der Waals surface area contributed by atoms with Crippen LogP contribution in [0.4, 0.5) is 0 Å². The molecule has 1 aliphatic rings. The van der Waals surface area contributed by atoms with Crippen molar-refractivity contribution in [2.45, 2.75) is 37.8 Å². The first-order valence-corrected chi connectivity index (χ1v) is 9.09. The highest BCUT2D eigenvalue weighted by Gasteiger charge is 2.24. The van der Waals surface area contributed by atoms with E-state index < -0.39 is 0 Å². The molecule has 0 aliphatic heterocycles. The van der Waals surface area contributed by atoms with E-state index in [1.54, 1.807) is 30.9 Å². The normalized spacial score (nSPS) is 20.3. The summed E-state index contributed by atoms with van der Waals surface area (Å²) in [6, 6.07) is 2.34. The van der Waals surface area contributed by atoms with Crippen molar-refractivity contribution in [3.63, 3.8) is 0 Å². The number of amides is 1. The summed E-state index contributed by atoms with van der Waals surface area (Å²) in [7, 11) is 0. The largest absolute Gasteiger partial charge is 0.349 e. The minimum atomic E-state index is -0.0185. The van der Waals surface area contributed by atoms with E-state index in [4.69, 9.17) is 0 Å². The summed E-state index contributed by atoms with van der Waals surface area (Å²) in [5, 5.41) is 7.61. The van der Waals surface area contributed by atoms with Crippen LogP contribution in [0.3, 0.4) is 0 Å². The topological polar surface area (TPSA) is 85.6 Å². The zero-order chi connectivity index (χ0) is 17.1. The second-order valence-corrected chi connectivity index (χ2v) is 6.99. The molecule has 4 rings (SSSR count). The monoisotopic (exact) mass is 354 g/mol. The van der Waals surface area contributed by atoms with E-state index in [9.17, 15) is 4.79 Å². The Hall–Kier alpha value is -2.61. The Kier molecular flexibility index (Phi) is 4.51. The van der Waals surface area contributed by atoms with E-state index in [1.165, 1.54) is 11.5 Å². The van der Waals surface area contributed by atoms with Gasteiger partial charge in [-0.15, -0.1) is 0 Å². The van der Waals surface area contributed by atoms with Crippen LogP contribution in [0.1, 0.15) is 41.4 Å². The Morgan fingerprint density at radius 3 is 2.76 bits per heavy atom. The predicted octanol–water partition coefficient (Wildman–Crippen LogP) is 2.71. The zero-order valence-electron chi connectivity index (χ0n) is 13.6. The maximum Gasteiger partial charge on any atom is 0.263 e. The van der Waals surface area contributed by atoms with Crippen molar-refractivity contribution in [3.05, 3.63) is 48.1 Å². The molecule has 0 bridgehead atoms. The molecular formula is C17H18N6OS. The molecule has 1 amide bonds. The van der Waals surface area contributed by atoms with Gasteiger partial charge in [0.15, 0.2) is 0 Å². The lowest BCUT2D eigenvalue weighted by atomic mass is 9.91. The van der Waals surface area contributed by atoms with Crippen LogP contribution in [0.5, 0.6) is 0 Å². The number of aromatic nitrogens is 5. The fourth-order valence-corrected chi connectivity index (χ4v) is 3.69. The molecule has 0 saturated heterocycles. The second kappa shape index (κ2) is 7.10. The van der Waals surface area contributed by atoms with Crippen molar-refractivity contribution >= 4 is 17.4 Å². The molecule has 0 aromatic carbocycles. The second-order valence-electron chi connectivity index (χ2n) is 6.16. The van der Waals surface area contributed by atoms with Gasteiger partial charge in [-0.1, -0.05) is 0 Å². The summed E-state index contributed by atoms with van der Waals surface area (Å²) in [5.41, 5.74) is 1.81. The van der Waals surface area contributed by atoms with Gasteiger partial charge < -0.3 is 5.32 Å². The Bertz CT molecular complexity index is 824. The van der Waals surface area contributed by atoms with Crippen LogP contribution < -0.4 is 5.32 Å². The number of hydrogen-bond acceptors (Lipinski definition) is 6. The number of hydrogen-bond donors (Lipinski definition) is 1. The highest BCUT2D eigenvalue weighted by molar-refractivity contribution is 7.08. The summed E-state index contributed by atoms with van der Waals surface area (Å²) in [6.07, 6.45) is 14.5. The van der Waals surface area contributed by atoms with E-state index in [2.05, 4.69) is 24.8 Å². The zero-order valence-corrected chi connectivity index (χ0v) is 14.4. The van der Waals surface area contributed by atoms with Gasteiger partial charge in [-0.05, 0) is 43.3 Å². The molecule has 3 aromatic heterocycles. The van der Waals surface area contributed by atoms with Crippen LogP contribution in [0.15, 0.2) is 43.2 Å². The van der Waals surface area contributed by atoms with E-state index in [0.29, 0.717) is 10.9 Å². The van der Waals surface area contributed by atoms with Gasteiger partial charge in [0.2, 0.25) is 0 Å². The molecule has 128 valence electrons. The van der Waals surface area contributed by atoms with Crippen LogP contribution in [0, 0.1) is 0 Å². The van der Waals surface area contributed by atoms with E-state index in [1.807, 2.05) is 17.1 Å². The number of rotatable bonds is 4. The molecule has 1 saturated carbocycles. The van der Waals surface area contributed by atoms with Gasteiger partial charge in [0.05, 0.1) is 24.1 Å². The smallest absolute Gasteiger partial charge is 0.263 e. The van der Waals surface area contributed by atoms with Gasteiger partial charge in [0.25, 0.3) is 5.91 Å². The van der Waals surface area contributed by atoms with Crippen molar-refractivity contribution in [1.29, 1.82) is 0 Å². The summed E-state index contributed by atoms with van der Waals surface area (Å²) >= 11 is 1.23. The Labute approximate surface area is 149 Å². The molecule has 25 heavy (non-hydrogen) atoms. The Morgan fingerprint density at radius 1 is 1.16 bits per heavy atom. The van der Waals surface area contributed by atoms with Crippen LogP contribution in [0.2, 0.25) is 0 Å². The predicted molar refractivity (Wildman–Crippen MR) is 94.1 cm³/mol. The van der Waals surface area contributed by atoms with Crippen LogP contribution >= 0.6 is 11.5 Å². The van der Waals surface area contributed by atoms with Crippen LogP contribution in [-0.2, 0) is 0 Å². The summed E-state index contributed by atoms with van der Waals surface area (Å²) < 4.78 is 5.99. The lowest BCUT2D eigenvalue weighted by Crippen LogP contribution is -2.37. The van der Waals surface area contributed by atoms with E-state index >= 15 is 0 Å². The number of carbonyl (C=O) groups excluding carboxylic acids is 1. The third kappa shape index (κ3) is 3.58. The molecule has 1 aliphatic carbocycles. The fraction of sp³-hybridized carbons (Fsp3) is 0.353. The highest BCUT2D eigenvalue weighted by Crippen LogP contribution is 2.29. The van der Waals surface area contributed by atoms with Crippen molar-refractivity contribution in [3.8, 4) is 11.3 Å². The summed E-state index contributed by atoms with van der Waals surface area (Å²) in [5.74, 6) is -0.0185. The van der Waals surface area contributed by atoms with Crippen LogP contribution in [-0.4, -0.2) is 36.1 Å². The fourth-order valence-electron chi connectivity index (χ4n) is 3.19. The van der Waals surface area contributed by atoms with Gasteiger partial charge in [-0.25, -0.2) is 4.37 Å². The number of nitrogens with zero attached hydrogens (tertiary/aromatic N) is 5. The van der Waals surface area contributed by atoms with Crippen molar-refractivity contribution < 1.29 is 4.79 Å². The molecule has 1 fully saturated rings. The number of carbonyl (C=O) groups is 1. The Balaban J connectivity index is 1.34. The molecule has 3 aromatic rings. The minimum Gasteiger partial charge on any atom is -0.349 e. The lowest BCUT2D eigenvalue weighted by Gasteiger charge is -2.29. The van der Waals surface area contributed by atoms with Gasteiger partial charge >= 0.3 is 0 Å². The number of nitrogens with one attached hydrogen (secondary N) is 1. The molecule has 0 unspecified atom stereocenters. The molecule has 0 atom stereocenters. The minimum absolute atomic E-state index is 0.0185. The first-order chi connectivity index (χ1) is 12.3. The standard InChI is InChI=1S/C17H18N6OS/c24-17(16-5-6-21-25-16)22-13-1-3-14(4-2-13)23-11-12(9-20-23)15-10-18-7-8-19-15/h5-11,13-14H,1-4H2,(H,22,24). The summed E-state index contributed by atoms with van der Waals surface area (Å²) in [4.78, 5) is 21.2. The van der Waals surface area contributed by atoms with Gasteiger partial charge in [-0.2, -0.15) is 5.10 Å². The van der Waals surface area contributed by atoms with Crippen molar-refractivity contribution in [1.82, 2.24) is 29.4 Å². The van der Waals surface area contributed by atoms with E-state index in [0.717, 1.165) is 36.9 Å². The maximum atomic E-state index is 12.1. The molecule has 0 radical (unpaired) electrons. The first-order valence-electron chi connectivity index (χ1n) is 8.31. The molecule has 8 heteroatoms. The SMILES string of the molecule is O=C(NC1CCC(n2cc(-c3cnccn3)cn2)CC1)c1ccns1. The third-order valence-electron chi connectivity index (χ3n) is 4.53. The van der Waals surface area contributed by atoms with Crippen LogP contribution in [0.25, 0.3) is 11.3 Å². The van der Waals surface area contributed by atoms with Gasteiger partial charge in [-0.3, -0.25) is 19.4 Å². The maximum absolute atomic E-state index is 12.1. The van der Waals surface area contributed by atoms with E-state index in [-0.39, 0.29) is 11.9 Å². The molecule has 1 N–H and O–H groups in total. The highest BCUT2D eigenvalue weighted by atomic mass is 32.1. The van der Waals surface area contributed by atoms with Gasteiger partial charge in [0.1, 0.15) is 4.88 Å². The molecule has 3 heterocycles. The lowest BCUT2D eigenvalue weighted by molar-refractivity contribution is 0.0926. The quantitative estimate of drug-likeness (QED) is 0.778. The average molecular weight is 354 g/mol. The molecule has 7 nitrogen and oxygen atoms in total. The van der Waals surface area contributed by atoms with Gasteiger partial charge in [0, 0.05) is 36.4 Å². The van der Waals surface area contributed by atoms with Crippen molar-refractivity contribution in [2.75, 3.05) is 0 Å².